The normalized spacial score (nSPS) is 17.9. The predicted octanol–water partition coefficient (Wildman–Crippen LogP) is 1.83. The minimum absolute atomic E-state index is 0.135. The van der Waals surface area contributed by atoms with Crippen LogP contribution in [0.15, 0.2) is 28.7 Å². The molecule has 5 heteroatoms. The summed E-state index contributed by atoms with van der Waals surface area (Å²) in [5.41, 5.74) is 5.99. The fourth-order valence-corrected chi connectivity index (χ4v) is 2.42. The summed E-state index contributed by atoms with van der Waals surface area (Å²) in [6, 6.07) is 8.26. The summed E-state index contributed by atoms with van der Waals surface area (Å²) in [5.74, 6) is -0.135. The molecule has 1 aliphatic rings. The molecule has 0 heterocycles. The van der Waals surface area contributed by atoms with Crippen LogP contribution in [0.3, 0.4) is 0 Å². The van der Waals surface area contributed by atoms with E-state index in [1.807, 2.05) is 24.3 Å². The Balaban J connectivity index is 1.87. The zero-order valence-corrected chi connectivity index (χ0v) is 13.6. The van der Waals surface area contributed by atoms with Crippen LogP contribution in [0.4, 0.5) is 0 Å². The Morgan fingerprint density at radius 1 is 1.45 bits per heavy atom. The molecule has 20 heavy (non-hydrogen) atoms. The second-order valence-corrected chi connectivity index (χ2v) is 6.59. The molecule has 0 spiro atoms. The first-order chi connectivity index (χ1) is 9.41. The average Bonchev–Trinajstić information content (AvgIpc) is 3.23. The van der Waals surface area contributed by atoms with Crippen LogP contribution in [0.25, 0.3) is 0 Å². The molecule has 1 aromatic rings. The summed E-state index contributed by atoms with van der Waals surface area (Å²) in [5, 5.41) is 2.93. The molecule has 0 bridgehead atoms. The smallest absolute Gasteiger partial charge is 0.244 e. The van der Waals surface area contributed by atoms with Crippen molar-refractivity contribution in [1.82, 2.24) is 10.2 Å². The molecule has 1 unspecified atom stereocenters. The van der Waals surface area contributed by atoms with E-state index >= 15 is 0 Å². The van der Waals surface area contributed by atoms with E-state index in [9.17, 15) is 4.79 Å². The largest absolute Gasteiger partial charge is 0.353 e. The number of benzene rings is 1. The van der Waals surface area contributed by atoms with Crippen molar-refractivity contribution in [1.29, 1.82) is 0 Å². The van der Waals surface area contributed by atoms with Crippen molar-refractivity contribution < 1.29 is 4.79 Å². The first-order valence-corrected chi connectivity index (χ1v) is 7.74. The van der Waals surface area contributed by atoms with E-state index in [0.29, 0.717) is 12.6 Å². The number of halogens is 1. The van der Waals surface area contributed by atoms with Crippen molar-refractivity contribution in [3.8, 4) is 0 Å². The zero-order valence-electron chi connectivity index (χ0n) is 12.0. The third-order valence-electron chi connectivity index (χ3n) is 3.84. The second kappa shape index (κ2) is 6.24. The van der Waals surface area contributed by atoms with E-state index in [2.05, 4.69) is 33.2 Å². The first-order valence-electron chi connectivity index (χ1n) is 6.94. The van der Waals surface area contributed by atoms with Gasteiger partial charge in [0.15, 0.2) is 0 Å². The van der Waals surface area contributed by atoms with Gasteiger partial charge in [-0.05, 0) is 44.5 Å². The van der Waals surface area contributed by atoms with Crippen molar-refractivity contribution in [2.24, 2.45) is 5.73 Å². The van der Waals surface area contributed by atoms with Crippen molar-refractivity contribution >= 4 is 21.8 Å². The van der Waals surface area contributed by atoms with Crippen molar-refractivity contribution in [2.45, 2.75) is 31.3 Å². The summed E-state index contributed by atoms with van der Waals surface area (Å²) < 4.78 is 0.975. The van der Waals surface area contributed by atoms with Gasteiger partial charge >= 0.3 is 0 Å². The van der Waals surface area contributed by atoms with Crippen LogP contribution in [-0.2, 0) is 10.3 Å². The number of nitrogens with two attached hydrogens (primary N) is 1. The van der Waals surface area contributed by atoms with Crippen molar-refractivity contribution in [3.05, 3.63) is 34.3 Å². The number of carbonyl (C=O) groups excluding carboxylic acids is 1. The monoisotopic (exact) mass is 339 g/mol. The summed E-state index contributed by atoms with van der Waals surface area (Å²) in [4.78, 5) is 14.5. The molecular weight excluding hydrogens is 318 g/mol. The number of nitrogens with one attached hydrogen (secondary N) is 1. The lowest BCUT2D eigenvalue weighted by Gasteiger charge is -2.25. The standard InChI is InChI=1S/C15H22BrN3O/c1-15(17,11-3-5-12(16)6-4-11)14(20)18-9-10-19(2)13-7-8-13/h3-6,13H,7-10,17H2,1-2H3,(H,18,20). The fraction of sp³-hybridized carbons (Fsp3) is 0.533. The molecule has 1 saturated carbocycles. The number of rotatable bonds is 6. The SMILES string of the molecule is CN(CCNC(=O)C(C)(N)c1ccc(Br)cc1)C1CC1. The highest BCUT2D eigenvalue weighted by Gasteiger charge is 2.30. The van der Waals surface area contributed by atoms with Gasteiger partial charge in [-0.1, -0.05) is 28.1 Å². The van der Waals surface area contributed by atoms with Gasteiger partial charge in [-0.15, -0.1) is 0 Å². The lowest BCUT2D eigenvalue weighted by molar-refractivity contribution is -0.126. The Bertz CT molecular complexity index is 469. The van der Waals surface area contributed by atoms with Gasteiger partial charge in [-0.25, -0.2) is 0 Å². The Hall–Kier alpha value is -0.910. The van der Waals surface area contributed by atoms with Gasteiger partial charge in [-0.3, -0.25) is 4.79 Å². The molecule has 110 valence electrons. The fourth-order valence-electron chi connectivity index (χ4n) is 2.15. The van der Waals surface area contributed by atoms with Gasteiger partial charge in [0, 0.05) is 23.6 Å². The van der Waals surface area contributed by atoms with E-state index in [1.54, 1.807) is 6.92 Å². The van der Waals surface area contributed by atoms with Crippen LogP contribution in [0.1, 0.15) is 25.3 Å². The zero-order chi connectivity index (χ0) is 14.8. The van der Waals surface area contributed by atoms with E-state index in [1.165, 1.54) is 12.8 Å². The quantitative estimate of drug-likeness (QED) is 0.831. The Morgan fingerprint density at radius 2 is 2.05 bits per heavy atom. The van der Waals surface area contributed by atoms with Gasteiger partial charge in [0.05, 0.1) is 0 Å². The Kier molecular flexibility index (Phi) is 4.83. The number of nitrogens with zero attached hydrogens (tertiary/aromatic N) is 1. The number of hydrogen-bond acceptors (Lipinski definition) is 3. The summed E-state index contributed by atoms with van der Waals surface area (Å²) in [6.45, 7) is 3.25. The summed E-state index contributed by atoms with van der Waals surface area (Å²) >= 11 is 3.38. The van der Waals surface area contributed by atoms with E-state index in [-0.39, 0.29) is 5.91 Å². The molecule has 3 N–H and O–H groups in total. The summed E-state index contributed by atoms with van der Waals surface area (Å²) in [6.07, 6.45) is 2.55. The predicted molar refractivity (Wildman–Crippen MR) is 84.3 cm³/mol. The van der Waals surface area contributed by atoms with Crippen LogP contribution >= 0.6 is 15.9 Å². The van der Waals surface area contributed by atoms with Crippen LogP contribution in [-0.4, -0.2) is 37.0 Å². The number of amides is 1. The van der Waals surface area contributed by atoms with Crippen LogP contribution in [0, 0.1) is 0 Å². The second-order valence-electron chi connectivity index (χ2n) is 5.68. The van der Waals surface area contributed by atoms with Gasteiger partial charge in [-0.2, -0.15) is 0 Å². The number of likely N-dealkylation sites (N-methyl/N-ethyl adjacent to an activating group) is 1. The minimum atomic E-state index is -1.00. The van der Waals surface area contributed by atoms with Gasteiger partial charge in [0.1, 0.15) is 5.54 Å². The molecule has 4 nitrogen and oxygen atoms in total. The van der Waals surface area contributed by atoms with E-state index in [0.717, 1.165) is 16.6 Å². The maximum atomic E-state index is 12.3. The maximum absolute atomic E-state index is 12.3. The third-order valence-corrected chi connectivity index (χ3v) is 4.36. The molecule has 0 saturated heterocycles. The van der Waals surface area contributed by atoms with Crippen LogP contribution < -0.4 is 11.1 Å². The van der Waals surface area contributed by atoms with Crippen LogP contribution in [0.5, 0.6) is 0 Å². The molecule has 1 fully saturated rings. The topological polar surface area (TPSA) is 58.4 Å². The minimum Gasteiger partial charge on any atom is -0.353 e. The molecule has 0 aromatic heterocycles. The lowest BCUT2D eigenvalue weighted by Crippen LogP contribution is -2.50. The third kappa shape index (κ3) is 3.81. The van der Waals surface area contributed by atoms with Gasteiger partial charge in [0.2, 0.25) is 5.91 Å². The molecule has 1 aliphatic carbocycles. The highest BCUT2D eigenvalue weighted by Crippen LogP contribution is 2.24. The number of carbonyl (C=O) groups is 1. The molecule has 1 amide bonds. The Morgan fingerprint density at radius 3 is 2.60 bits per heavy atom. The van der Waals surface area contributed by atoms with Crippen molar-refractivity contribution in [2.75, 3.05) is 20.1 Å². The van der Waals surface area contributed by atoms with Crippen molar-refractivity contribution in [3.63, 3.8) is 0 Å². The molecule has 1 aromatic carbocycles. The van der Waals surface area contributed by atoms with Gasteiger partial charge in [0.25, 0.3) is 0 Å². The van der Waals surface area contributed by atoms with Crippen LogP contribution in [0.2, 0.25) is 0 Å². The average molecular weight is 340 g/mol. The summed E-state index contributed by atoms with van der Waals surface area (Å²) in [7, 11) is 2.10. The van der Waals surface area contributed by atoms with E-state index in [4.69, 9.17) is 5.73 Å². The first kappa shape index (κ1) is 15.5. The molecular formula is C15H22BrN3O. The van der Waals surface area contributed by atoms with E-state index < -0.39 is 5.54 Å². The molecule has 1 atom stereocenters. The highest BCUT2D eigenvalue weighted by molar-refractivity contribution is 9.10. The highest BCUT2D eigenvalue weighted by atomic mass is 79.9. The Labute approximate surface area is 128 Å². The molecule has 0 aliphatic heterocycles. The maximum Gasteiger partial charge on any atom is 0.244 e. The van der Waals surface area contributed by atoms with Gasteiger partial charge < -0.3 is 16.0 Å². The lowest BCUT2D eigenvalue weighted by atomic mass is 9.92. The number of hydrogen-bond donors (Lipinski definition) is 2. The molecule has 2 rings (SSSR count). The molecule has 0 radical (unpaired) electrons.